The van der Waals surface area contributed by atoms with Crippen LogP contribution in [0.3, 0.4) is 0 Å². The molecule has 0 aliphatic rings. The molecule has 0 saturated carbocycles. The van der Waals surface area contributed by atoms with Crippen molar-refractivity contribution in [2.75, 3.05) is 34.9 Å². The summed E-state index contributed by atoms with van der Waals surface area (Å²) in [4.78, 5) is 14.7. The standard InChI is InChI=1S/C23H27N3O4/c1-25(13-12-16-6-11-21(29-4)22(14-16)30-5)23(27)20-15-19(24-26(20)2)17-7-9-18(28-3)10-8-17/h6-11,14-15H,12-13H2,1-5H3. The Morgan fingerprint density at radius 1 is 0.967 bits per heavy atom. The van der Waals surface area contributed by atoms with Crippen molar-refractivity contribution in [3.63, 3.8) is 0 Å². The highest BCUT2D eigenvalue weighted by Crippen LogP contribution is 2.28. The van der Waals surface area contributed by atoms with Crippen molar-refractivity contribution in [3.05, 3.63) is 59.8 Å². The van der Waals surface area contributed by atoms with Crippen LogP contribution >= 0.6 is 0 Å². The molecule has 0 atom stereocenters. The zero-order valence-electron chi connectivity index (χ0n) is 18.0. The first-order chi connectivity index (χ1) is 14.5. The van der Waals surface area contributed by atoms with Crippen LogP contribution in [0.1, 0.15) is 16.1 Å². The normalized spacial score (nSPS) is 10.6. The van der Waals surface area contributed by atoms with Gasteiger partial charge in [0.25, 0.3) is 5.91 Å². The van der Waals surface area contributed by atoms with Gasteiger partial charge in [0.05, 0.1) is 27.0 Å². The van der Waals surface area contributed by atoms with Gasteiger partial charge in [0, 0.05) is 26.2 Å². The lowest BCUT2D eigenvalue weighted by Crippen LogP contribution is -2.30. The number of aromatic nitrogens is 2. The molecule has 3 aromatic rings. The Morgan fingerprint density at radius 2 is 1.67 bits per heavy atom. The van der Waals surface area contributed by atoms with Gasteiger partial charge in [-0.2, -0.15) is 5.10 Å². The van der Waals surface area contributed by atoms with Gasteiger partial charge in [-0.15, -0.1) is 0 Å². The molecule has 7 heteroatoms. The Kier molecular flexibility index (Phi) is 6.61. The van der Waals surface area contributed by atoms with Gasteiger partial charge in [0.1, 0.15) is 11.4 Å². The molecule has 30 heavy (non-hydrogen) atoms. The first-order valence-electron chi connectivity index (χ1n) is 9.61. The van der Waals surface area contributed by atoms with Crippen molar-refractivity contribution >= 4 is 5.91 Å². The fourth-order valence-electron chi connectivity index (χ4n) is 3.20. The number of likely N-dealkylation sites (N-methyl/N-ethyl adjacent to an activating group) is 1. The highest BCUT2D eigenvalue weighted by atomic mass is 16.5. The van der Waals surface area contributed by atoms with Crippen molar-refractivity contribution in [2.45, 2.75) is 6.42 Å². The number of hydrogen-bond acceptors (Lipinski definition) is 5. The third-order valence-electron chi connectivity index (χ3n) is 5.02. The number of rotatable bonds is 8. The molecule has 0 spiro atoms. The van der Waals surface area contributed by atoms with Gasteiger partial charge in [0.15, 0.2) is 11.5 Å². The largest absolute Gasteiger partial charge is 0.497 e. The van der Waals surface area contributed by atoms with Crippen LogP contribution in [-0.4, -0.2) is 55.5 Å². The number of amides is 1. The van der Waals surface area contributed by atoms with Crippen LogP contribution in [0.15, 0.2) is 48.5 Å². The van der Waals surface area contributed by atoms with Gasteiger partial charge in [-0.1, -0.05) is 6.07 Å². The lowest BCUT2D eigenvalue weighted by molar-refractivity contribution is 0.0786. The lowest BCUT2D eigenvalue weighted by atomic mass is 10.1. The molecule has 7 nitrogen and oxygen atoms in total. The Hall–Kier alpha value is -3.48. The van der Waals surface area contributed by atoms with Crippen molar-refractivity contribution in [1.82, 2.24) is 14.7 Å². The van der Waals surface area contributed by atoms with Gasteiger partial charge in [-0.05, 0) is 54.4 Å². The Morgan fingerprint density at radius 3 is 2.30 bits per heavy atom. The van der Waals surface area contributed by atoms with E-state index < -0.39 is 0 Å². The van der Waals surface area contributed by atoms with Crippen LogP contribution in [0, 0.1) is 0 Å². The van der Waals surface area contributed by atoms with Gasteiger partial charge in [0.2, 0.25) is 0 Å². The average molecular weight is 409 g/mol. The SMILES string of the molecule is COc1ccc(-c2cc(C(=O)N(C)CCc3ccc(OC)c(OC)c3)n(C)n2)cc1. The molecular formula is C23H27N3O4. The van der Waals surface area contributed by atoms with Crippen molar-refractivity contribution in [2.24, 2.45) is 7.05 Å². The fraction of sp³-hybridized carbons (Fsp3) is 0.304. The zero-order chi connectivity index (χ0) is 21.7. The monoisotopic (exact) mass is 409 g/mol. The van der Waals surface area contributed by atoms with Gasteiger partial charge < -0.3 is 19.1 Å². The van der Waals surface area contributed by atoms with E-state index >= 15 is 0 Å². The molecule has 0 aliphatic heterocycles. The number of carbonyl (C=O) groups excluding carboxylic acids is 1. The minimum absolute atomic E-state index is 0.0785. The predicted octanol–water partition coefficient (Wildman–Crippen LogP) is 3.43. The molecule has 0 bridgehead atoms. The number of hydrogen-bond donors (Lipinski definition) is 0. The van der Waals surface area contributed by atoms with Crippen LogP contribution in [0.4, 0.5) is 0 Å². The van der Waals surface area contributed by atoms with E-state index in [1.807, 2.05) is 48.5 Å². The molecule has 158 valence electrons. The Labute approximate surface area is 176 Å². The van der Waals surface area contributed by atoms with E-state index in [0.717, 1.165) is 22.6 Å². The van der Waals surface area contributed by atoms with Crippen molar-refractivity contribution in [1.29, 1.82) is 0 Å². The van der Waals surface area contributed by atoms with Crippen LogP contribution in [0.5, 0.6) is 17.2 Å². The van der Waals surface area contributed by atoms with E-state index in [4.69, 9.17) is 14.2 Å². The summed E-state index contributed by atoms with van der Waals surface area (Å²) in [6.45, 7) is 0.567. The predicted molar refractivity (Wildman–Crippen MR) is 115 cm³/mol. The van der Waals surface area contributed by atoms with Crippen LogP contribution in [0.25, 0.3) is 11.3 Å². The zero-order valence-corrected chi connectivity index (χ0v) is 18.0. The second-order valence-corrected chi connectivity index (χ2v) is 6.93. The minimum Gasteiger partial charge on any atom is -0.497 e. The van der Waals surface area contributed by atoms with E-state index in [0.29, 0.717) is 30.2 Å². The third kappa shape index (κ3) is 4.56. The third-order valence-corrected chi connectivity index (χ3v) is 5.02. The quantitative estimate of drug-likeness (QED) is 0.570. The van der Waals surface area contributed by atoms with Crippen LogP contribution in [-0.2, 0) is 13.5 Å². The summed E-state index contributed by atoms with van der Waals surface area (Å²) in [6.07, 6.45) is 0.700. The summed E-state index contributed by atoms with van der Waals surface area (Å²) < 4.78 is 17.4. The van der Waals surface area contributed by atoms with E-state index in [2.05, 4.69) is 5.10 Å². The highest BCUT2D eigenvalue weighted by molar-refractivity contribution is 5.93. The molecular weight excluding hydrogens is 382 g/mol. The van der Waals surface area contributed by atoms with Gasteiger partial charge in [-0.3, -0.25) is 9.48 Å². The second-order valence-electron chi connectivity index (χ2n) is 6.93. The van der Waals surface area contributed by atoms with Crippen LogP contribution < -0.4 is 14.2 Å². The average Bonchev–Trinajstić information content (AvgIpc) is 3.18. The Balaban J connectivity index is 1.69. The van der Waals surface area contributed by atoms with E-state index in [1.165, 1.54) is 0 Å². The number of ether oxygens (including phenoxy) is 3. The first-order valence-corrected chi connectivity index (χ1v) is 9.61. The molecule has 0 saturated heterocycles. The highest BCUT2D eigenvalue weighted by Gasteiger charge is 2.18. The summed E-state index contributed by atoms with van der Waals surface area (Å²) >= 11 is 0. The maximum absolute atomic E-state index is 13.0. The first kappa shape index (κ1) is 21.2. The number of nitrogens with zero attached hydrogens (tertiary/aromatic N) is 3. The van der Waals surface area contributed by atoms with E-state index in [-0.39, 0.29) is 5.91 Å². The molecule has 1 heterocycles. The number of aryl methyl sites for hydroxylation is 1. The molecule has 2 aromatic carbocycles. The minimum atomic E-state index is -0.0785. The molecule has 0 radical (unpaired) electrons. The van der Waals surface area contributed by atoms with Gasteiger partial charge >= 0.3 is 0 Å². The van der Waals surface area contributed by atoms with Crippen molar-refractivity contribution < 1.29 is 19.0 Å². The summed E-state index contributed by atoms with van der Waals surface area (Å²) in [6, 6.07) is 15.2. The van der Waals surface area contributed by atoms with Crippen LogP contribution in [0.2, 0.25) is 0 Å². The Bertz CT molecular complexity index is 1010. The fourth-order valence-corrected chi connectivity index (χ4v) is 3.20. The maximum Gasteiger partial charge on any atom is 0.271 e. The number of benzene rings is 2. The molecule has 0 unspecified atom stereocenters. The van der Waals surface area contributed by atoms with Gasteiger partial charge in [-0.25, -0.2) is 0 Å². The number of carbonyl (C=O) groups is 1. The van der Waals surface area contributed by atoms with Crippen molar-refractivity contribution in [3.8, 4) is 28.5 Å². The maximum atomic E-state index is 13.0. The summed E-state index contributed by atoms with van der Waals surface area (Å²) in [5.74, 6) is 2.07. The lowest BCUT2D eigenvalue weighted by Gasteiger charge is -2.17. The summed E-state index contributed by atoms with van der Waals surface area (Å²) in [5.41, 5.74) is 3.28. The molecule has 0 fully saturated rings. The van der Waals surface area contributed by atoms with E-state index in [9.17, 15) is 4.79 Å². The summed E-state index contributed by atoms with van der Waals surface area (Å²) in [7, 11) is 8.42. The molecule has 1 aromatic heterocycles. The molecule has 0 N–H and O–H groups in total. The molecule has 0 aliphatic carbocycles. The smallest absolute Gasteiger partial charge is 0.271 e. The molecule has 3 rings (SSSR count). The number of methoxy groups -OCH3 is 3. The molecule has 1 amide bonds. The second kappa shape index (κ2) is 9.35. The summed E-state index contributed by atoms with van der Waals surface area (Å²) in [5, 5.41) is 4.50. The van der Waals surface area contributed by atoms with E-state index in [1.54, 1.807) is 45.0 Å². The topological polar surface area (TPSA) is 65.8 Å².